The molecule has 1 N–H and O–H groups in total. The smallest absolute Gasteiger partial charge is 0.193 e. The van der Waals surface area contributed by atoms with Crippen molar-refractivity contribution in [1.82, 2.24) is 20.0 Å². The topological polar surface area (TPSA) is 54.7 Å². The van der Waals surface area contributed by atoms with E-state index in [1.54, 1.807) is 0 Å². The van der Waals surface area contributed by atoms with E-state index >= 15 is 0 Å². The molecule has 0 atom stereocenters. The van der Waals surface area contributed by atoms with E-state index in [1.807, 2.05) is 29.1 Å². The number of halogens is 1. The third-order valence-electron chi connectivity index (χ3n) is 5.23. The molecular weight excluding hydrogens is 477 g/mol. The number of aromatic nitrogens is 2. The van der Waals surface area contributed by atoms with Crippen LogP contribution in [0.1, 0.15) is 31.7 Å². The average Bonchev–Trinajstić information content (AvgIpc) is 3.22. The largest absolute Gasteiger partial charge is 0.381 e. The third-order valence-corrected chi connectivity index (χ3v) is 5.23. The van der Waals surface area contributed by atoms with Crippen molar-refractivity contribution in [2.75, 3.05) is 39.9 Å². The molecule has 2 heterocycles. The van der Waals surface area contributed by atoms with Crippen LogP contribution in [-0.4, -0.2) is 60.5 Å². The maximum atomic E-state index is 5.46. The maximum absolute atomic E-state index is 5.46. The molecular formula is C22H34IN5O. The fraction of sp³-hybridized carbons (Fsp3) is 0.545. The molecule has 6 nitrogen and oxygen atoms in total. The Balaban J connectivity index is 0.00000300. The monoisotopic (exact) mass is 511 g/mol. The summed E-state index contributed by atoms with van der Waals surface area (Å²) < 4.78 is 7.38. The lowest BCUT2D eigenvalue weighted by molar-refractivity contribution is 0.0625. The van der Waals surface area contributed by atoms with Gasteiger partial charge in [-0.1, -0.05) is 18.2 Å². The standard InChI is InChI=1S/C22H33N5O.HI/c1-3-23-22(26(2)14-10-19-11-15-28-16-12-19)24-13-9-20-17-25-27(18-20)21-7-5-4-6-8-21;/h4-8,17-19H,3,9-16H2,1-2H3,(H,23,24);1H. The van der Waals surface area contributed by atoms with Gasteiger partial charge in [-0.2, -0.15) is 5.10 Å². The summed E-state index contributed by atoms with van der Waals surface area (Å²) in [4.78, 5) is 7.08. The Bertz CT molecular complexity index is 728. The Morgan fingerprint density at radius 2 is 2.03 bits per heavy atom. The minimum absolute atomic E-state index is 0. The Labute approximate surface area is 191 Å². The molecule has 1 aromatic carbocycles. The average molecular weight is 511 g/mol. The SMILES string of the molecule is CCNC(=NCCc1cnn(-c2ccccc2)c1)N(C)CCC1CCOCC1.I. The molecule has 0 aliphatic carbocycles. The molecule has 0 saturated carbocycles. The van der Waals surface area contributed by atoms with E-state index < -0.39 is 0 Å². The first-order chi connectivity index (χ1) is 13.8. The summed E-state index contributed by atoms with van der Waals surface area (Å²) in [5, 5.41) is 7.89. The molecule has 29 heavy (non-hydrogen) atoms. The van der Waals surface area contributed by atoms with Gasteiger partial charge >= 0.3 is 0 Å². The van der Waals surface area contributed by atoms with Crippen LogP contribution in [0.4, 0.5) is 0 Å². The van der Waals surface area contributed by atoms with Gasteiger partial charge in [0, 0.05) is 46.1 Å². The second-order valence-corrected chi connectivity index (χ2v) is 7.38. The molecule has 1 aliphatic rings. The van der Waals surface area contributed by atoms with Crippen molar-refractivity contribution in [3.05, 3.63) is 48.3 Å². The summed E-state index contributed by atoms with van der Waals surface area (Å²) in [7, 11) is 2.13. The molecule has 1 aromatic heterocycles. The Kier molecular flexibility index (Phi) is 10.5. The highest BCUT2D eigenvalue weighted by Crippen LogP contribution is 2.18. The molecule has 7 heteroatoms. The molecule has 1 aliphatic heterocycles. The fourth-order valence-corrected chi connectivity index (χ4v) is 3.49. The Morgan fingerprint density at radius 1 is 1.28 bits per heavy atom. The number of aliphatic imine (C=N–C) groups is 1. The molecule has 0 unspecified atom stereocenters. The predicted molar refractivity (Wildman–Crippen MR) is 129 cm³/mol. The van der Waals surface area contributed by atoms with Crippen LogP contribution in [0, 0.1) is 5.92 Å². The van der Waals surface area contributed by atoms with E-state index in [2.05, 4.69) is 47.6 Å². The maximum Gasteiger partial charge on any atom is 0.193 e. The van der Waals surface area contributed by atoms with Gasteiger partial charge in [0.05, 0.1) is 11.9 Å². The van der Waals surface area contributed by atoms with Crippen molar-refractivity contribution in [2.45, 2.75) is 32.6 Å². The zero-order valence-corrected chi connectivity index (χ0v) is 19.9. The molecule has 0 radical (unpaired) electrons. The van der Waals surface area contributed by atoms with Crippen LogP contribution in [0.2, 0.25) is 0 Å². The lowest BCUT2D eigenvalue weighted by atomic mass is 9.96. The van der Waals surface area contributed by atoms with E-state index in [9.17, 15) is 0 Å². The summed E-state index contributed by atoms with van der Waals surface area (Å²) in [6.07, 6.45) is 8.49. The van der Waals surface area contributed by atoms with Crippen LogP contribution in [0.25, 0.3) is 5.69 Å². The van der Waals surface area contributed by atoms with Gasteiger partial charge in [0.25, 0.3) is 0 Å². The first-order valence-corrected chi connectivity index (χ1v) is 10.4. The van der Waals surface area contributed by atoms with Crippen molar-refractivity contribution < 1.29 is 4.74 Å². The molecule has 2 aromatic rings. The van der Waals surface area contributed by atoms with Crippen LogP contribution in [0.15, 0.2) is 47.7 Å². The Hall–Kier alpha value is -1.61. The predicted octanol–water partition coefficient (Wildman–Crippen LogP) is 3.75. The highest BCUT2D eigenvalue weighted by atomic mass is 127. The fourth-order valence-electron chi connectivity index (χ4n) is 3.49. The zero-order chi connectivity index (χ0) is 19.6. The van der Waals surface area contributed by atoms with Gasteiger partial charge in [-0.3, -0.25) is 4.99 Å². The molecule has 0 bridgehead atoms. The third kappa shape index (κ3) is 7.62. The number of hydrogen-bond acceptors (Lipinski definition) is 3. The molecule has 1 fully saturated rings. The number of para-hydroxylation sites is 1. The van der Waals surface area contributed by atoms with Gasteiger partial charge in [-0.05, 0) is 56.2 Å². The zero-order valence-electron chi connectivity index (χ0n) is 17.6. The Morgan fingerprint density at radius 3 is 2.76 bits per heavy atom. The first kappa shape index (κ1) is 23.7. The number of benzene rings is 1. The first-order valence-electron chi connectivity index (χ1n) is 10.4. The normalized spacial score (nSPS) is 15.0. The number of hydrogen-bond donors (Lipinski definition) is 1. The number of nitrogens with one attached hydrogen (secondary N) is 1. The lowest BCUT2D eigenvalue weighted by Gasteiger charge is -2.26. The lowest BCUT2D eigenvalue weighted by Crippen LogP contribution is -2.40. The van der Waals surface area contributed by atoms with E-state index in [4.69, 9.17) is 9.73 Å². The second kappa shape index (κ2) is 12.8. The molecule has 3 rings (SSSR count). The summed E-state index contributed by atoms with van der Waals surface area (Å²) in [5.74, 6) is 1.77. The van der Waals surface area contributed by atoms with Crippen molar-refractivity contribution in [2.24, 2.45) is 10.9 Å². The summed E-state index contributed by atoms with van der Waals surface area (Å²) in [6, 6.07) is 10.2. The van der Waals surface area contributed by atoms with Crippen LogP contribution < -0.4 is 5.32 Å². The van der Waals surface area contributed by atoms with E-state index in [0.29, 0.717) is 0 Å². The minimum atomic E-state index is 0. The molecule has 0 amide bonds. The highest BCUT2D eigenvalue weighted by Gasteiger charge is 2.15. The summed E-state index contributed by atoms with van der Waals surface area (Å²) >= 11 is 0. The van der Waals surface area contributed by atoms with Crippen LogP contribution in [-0.2, 0) is 11.2 Å². The van der Waals surface area contributed by atoms with Crippen LogP contribution in [0.3, 0.4) is 0 Å². The molecule has 160 valence electrons. The molecule has 1 saturated heterocycles. The molecule has 0 spiro atoms. The van der Waals surface area contributed by atoms with Gasteiger partial charge in [-0.15, -0.1) is 24.0 Å². The van der Waals surface area contributed by atoms with E-state index in [1.165, 1.54) is 24.8 Å². The van der Waals surface area contributed by atoms with Crippen molar-refractivity contribution in [3.63, 3.8) is 0 Å². The van der Waals surface area contributed by atoms with Crippen molar-refractivity contribution in [3.8, 4) is 5.69 Å². The van der Waals surface area contributed by atoms with Crippen LogP contribution >= 0.6 is 24.0 Å². The summed E-state index contributed by atoms with van der Waals surface area (Å²) in [5.41, 5.74) is 2.28. The van der Waals surface area contributed by atoms with Gasteiger partial charge in [0.2, 0.25) is 0 Å². The van der Waals surface area contributed by atoms with Crippen molar-refractivity contribution >= 4 is 29.9 Å². The van der Waals surface area contributed by atoms with Gasteiger partial charge < -0.3 is 15.0 Å². The highest BCUT2D eigenvalue weighted by molar-refractivity contribution is 14.0. The van der Waals surface area contributed by atoms with E-state index in [-0.39, 0.29) is 24.0 Å². The minimum Gasteiger partial charge on any atom is -0.381 e. The van der Waals surface area contributed by atoms with E-state index in [0.717, 1.165) is 56.8 Å². The second-order valence-electron chi connectivity index (χ2n) is 7.38. The number of ether oxygens (including phenoxy) is 1. The van der Waals surface area contributed by atoms with Gasteiger partial charge in [0.15, 0.2) is 5.96 Å². The number of rotatable bonds is 8. The van der Waals surface area contributed by atoms with Crippen molar-refractivity contribution in [1.29, 1.82) is 0 Å². The van der Waals surface area contributed by atoms with Gasteiger partial charge in [-0.25, -0.2) is 4.68 Å². The quantitative estimate of drug-likeness (QED) is 0.333. The number of guanidine groups is 1. The van der Waals surface area contributed by atoms with Gasteiger partial charge in [0.1, 0.15) is 0 Å². The summed E-state index contributed by atoms with van der Waals surface area (Å²) in [6.45, 7) is 6.61. The number of nitrogens with zero attached hydrogens (tertiary/aromatic N) is 4. The van der Waals surface area contributed by atoms with Crippen LogP contribution in [0.5, 0.6) is 0 Å².